The molecule has 0 bridgehead atoms. The van der Waals surface area contributed by atoms with E-state index in [2.05, 4.69) is 15.1 Å². The highest BCUT2D eigenvalue weighted by atomic mass is 32.2. The van der Waals surface area contributed by atoms with Crippen LogP contribution in [0.2, 0.25) is 0 Å². The zero-order chi connectivity index (χ0) is 14.9. The van der Waals surface area contributed by atoms with E-state index in [0.29, 0.717) is 5.03 Å². The highest BCUT2D eigenvalue weighted by Gasteiger charge is 2.14. The fraction of sp³-hybridized carbons (Fsp3) is 0.111. The van der Waals surface area contributed by atoms with E-state index in [0.717, 1.165) is 11.8 Å². The standard InChI is InChI=1S/C9H8N6O4S/c1-14-9(12-7(16)8(17)13-14)20-5-3-2-4(15(18)19)6(10)11-5/h2-3H,1H3,(H2,10,11)(H,13,17). The maximum atomic E-state index is 11.2. The van der Waals surface area contributed by atoms with Crippen LogP contribution in [0, 0.1) is 10.1 Å². The van der Waals surface area contributed by atoms with Crippen molar-refractivity contribution in [2.75, 3.05) is 5.73 Å². The number of H-pyrrole nitrogens is 1. The number of nitro groups is 1. The molecule has 0 saturated heterocycles. The lowest BCUT2D eigenvalue weighted by atomic mass is 10.4. The van der Waals surface area contributed by atoms with E-state index >= 15 is 0 Å². The molecule has 0 fully saturated rings. The van der Waals surface area contributed by atoms with Crippen molar-refractivity contribution in [1.82, 2.24) is 19.7 Å². The van der Waals surface area contributed by atoms with E-state index in [1.807, 2.05) is 0 Å². The second-order valence-electron chi connectivity index (χ2n) is 3.61. The number of nitrogens with one attached hydrogen (secondary N) is 1. The molecule has 0 atom stereocenters. The summed E-state index contributed by atoms with van der Waals surface area (Å²) in [5, 5.41) is 13.4. The van der Waals surface area contributed by atoms with Crippen LogP contribution in [0.3, 0.4) is 0 Å². The molecule has 0 unspecified atom stereocenters. The van der Waals surface area contributed by atoms with Gasteiger partial charge in [0.25, 0.3) is 0 Å². The lowest BCUT2D eigenvalue weighted by Gasteiger charge is -2.05. The SMILES string of the molecule is Cn1[nH]c(=O)c(=O)nc1Sc1ccc([N+](=O)[O-])c(N)n1. The Balaban J connectivity index is 2.38. The van der Waals surface area contributed by atoms with Gasteiger partial charge in [-0.25, -0.2) is 4.98 Å². The molecule has 0 amide bonds. The third kappa shape index (κ3) is 2.66. The van der Waals surface area contributed by atoms with Crippen molar-refractivity contribution in [3.8, 4) is 0 Å². The molecule has 10 nitrogen and oxygen atoms in total. The Kier molecular flexibility index (Phi) is 3.52. The predicted octanol–water partition coefficient (Wildman–Crippen LogP) is -0.495. The van der Waals surface area contributed by atoms with Crippen LogP contribution in [0.25, 0.3) is 0 Å². The number of nitrogens with zero attached hydrogens (tertiary/aromatic N) is 4. The van der Waals surface area contributed by atoms with Crippen LogP contribution in [0.15, 0.2) is 31.9 Å². The molecular weight excluding hydrogens is 288 g/mol. The van der Waals surface area contributed by atoms with Gasteiger partial charge < -0.3 is 5.73 Å². The topological polar surface area (TPSA) is 150 Å². The molecule has 104 valence electrons. The number of anilines is 1. The molecule has 2 rings (SSSR count). The number of aryl methyl sites for hydroxylation is 1. The summed E-state index contributed by atoms with van der Waals surface area (Å²) in [7, 11) is 1.49. The van der Waals surface area contributed by atoms with Crippen molar-refractivity contribution in [2.24, 2.45) is 7.05 Å². The van der Waals surface area contributed by atoms with Crippen LogP contribution < -0.4 is 16.9 Å². The first-order valence-corrected chi connectivity index (χ1v) is 5.96. The van der Waals surface area contributed by atoms with Gasteiger partial charge in [0.05, 0.1) is 4.92 Å². The number of aromatic nitrogens is 4. The summed E-state index contributed by atoms with van der Waals surface area (Å²) < 4.78 is 1.24. The zero-order valence-electron chi connectivity index (χ0n) is 10.1. The molecule has 2 aromatic rings. The van der Waals surface area contributed by atoms with Crippen LogP contribution in [0.4, 0.5) is 11.5 Å². The summed E-state index contributed by atoms with van der Waals surface area (Å²) in [6.45, 7) is 0. The number of hydrogen-bond donors (Lipinski definition) is 2. The van der Waals surface area contributed by atoms with E-state index in [-0.39, 0.29) is 16.7 Å². The molecule has 0 aliphatic carbocycles. The van der Waals surface area contributed by atoms with Crippen LogP contribution in [-0.2, 0) is 7.05 Å². The summed E-state index contributed by atoms with van der Waals surface area (Å²) in [5.41, 5.74) is 3.38. The third-order valence-corrected chi connectivity index (χ3v) is 3.20. The second kappa shape index (κ2) is 5.13. The normalized spacial score (nSPS) is 10.4. The Labute approximate surface area is 114 Å². The molecule has 2 aromatic heterocycles. The largest absolute Gasteiger partial charge is 0.378 e. The smallest absolute Gasteiger partial charge is 0.339 e. The zero-order valence-corrected chi connectivity index (χ0v) is 10.9. The summed E-state index contributed by atoms with van der Waals surface area (Å²) in [6.07, 6.45) is 0. The highest BCUT2D eigenvalue weighted by Crippen LogP contribution is 2.27. The number of hydrogen-bond acceptors (Lipinski definition) is 8. The van der Waals surface area contributed by atoms with Gasteiger partial charge in [0.15, 0.2) is 5.16 Å². The monoisotopic (exact) mass is 296 g/mol. The molecule has 0 radical (unpaired) electrons. The average molecular weight is 296 g/mol. The Hall–Kier alpha value is -2.69. The first-order valence-electron chi connectivity index (χ1n) is 5.14. The third-order valence-electron chi connectivity index (χ3n) is 2.22. The molecule has 20 heavy (non-hydrogen) atoms. The van der Waals surface area contributed by atoms with Crippen LogP contribution >= 0.6 is 11.8 Å². The van der Waals surface area contributed by atoms with E-state index in [4.69, 9.17) is 5.73 Å². The minimum absolute atomic E-state index is 0.176. The van der Waals surface area contributed by atoms with E-state index in [1.54, 1.807) is 0 Å². The van der Waals surface area contributed by atoms with Crippen molar-refractivity contribution in [2.45, 2.75) is 10.2 Å². The summed E-state index contributed by atoms with van der Waals surface area (Å²) >= 11 is 0.940. The summed E-state index contributed by atoms with van der Waals surface area (Å²) in [4.78, 5) is 39.6. The molecule has 0 aromatic carbocycles. The summed E-state index contributed by atoms with van der Waals surface area (Å²) in [6, 6.07) is 2.57. The molecule has 0 aliphatic heterocycles. The van der Waals surface area contributed by atoms with Gasteiger partial charge in [0, 0.05) is 13.1 Å². The lowest BCUT2D eigenvalue weighted by molar-refractivity contribution is -0.384. The molecule has 0 saturated carbocycles. The molecular formula is C9H8N6O4S. The van der Waals surface area contributed by atoms with Gasteiger partial charge in [0.2, 0.25) is 5.82 Å². The van der Waals surface area contributed by atoms with E-state index in [9.17, 15) is 19.7 Å². The number of aromatic amines is 1. The van der Waals surface area contributed by atoms with Gasteiger partial charge in [-0.1, -0.05) is 0 Å². The Morgan fingerprint density at radius 2 is 2.10 bits per heavy atom. The fourth-order valence-electron chi connectivity index (χ4n) is 1.31. The van der Waals surface area contributed by atoms with Gasteiger partial charge in [-0.3, -0.25) is 29.5 Å². The Bertz CT molecular complexity index is 798. The molecule has 11 heteroatoms. The molecule has 0 spiro atoms. The number of nitrogen functional groups attached to an aromatic ring is 1. The maximum Gasteiger partial charge on any atom is 0.339 e. The Morgan fingerprint density at radius 3 is 2.70 bits per heavy atom. The summed E-state index contributed by atoms with van der Waals surface area (Å²) in [5.74, 6) is -0.241. The van der Waals surface area contributed by atoms with Crippen molar-refractivity contribution in [1.29, 1.82) is 0 Å². The maximum absolute atomic E-state index is 11.2. The van der Waals surface area contributed by atoms with Gasteiger partial charge in [-0.2, -0.15) is 4.98 Å². The first kappa shape index (κ1) is 13.7. The molecule has 3 N–H and O–H groups in total. The van der Waals surface area contributed by atoms with Crippen molar-refractivity contribution in [3.63, 3.8) is 0 Å². The van der Waals surface area contributed by atoms with Gasteiger partial charge in [-0.05, 0) is 17.8 Å². The molecule has 2 heterocycles. The van der Waals surface area contributed by atoms with Crippen LogP contribution in [-0.4, -0.2) is 24.7 Å². The van der Waals surface area contributed by atoms with Crippen molar-refractivity contribution < 1.29 is 4.92 Å². The van der Waals surface area contributed by atoms with Crippen LogP contribution in [0.1, 0.15) is 0 Å². The van der Waals surface area contributed by atoms with Gasteiger partial charge >= 0.3 is 16.8 Å². The second-order valence-corrected chi connectivity index (χ2v) is 4.60. The highest BCUT2D eigenvalue weighted by molar-refractivity contribution is 7.99. The molecule has 0 aliphatic rings. The van der Waals surface area contributed by atoms with Crippen molar-refractivity contribution >= 4 is 23.3 Å². The van der Waals surface area contributed by atoms with Gasteiger partial charge in [-0.15, -0.1) is 0 Å². The minimum Gasteiger partial charge on any atom is -0.378 e. The average Bonchev–Trinajstić information content (AvgIpc) is 2.35. The van der Waals surface area contributed by atoms with E-state index < -0.39 is 16.0 Å². The van der Waals surface area contributed by atoms with Gasteiger partial charge in [0.1, 0.15) is 5.03 Å². The quantitative estimate of drug-likeness (QED) is 0.437. The lowest BCUT2D eigenvalue weighted by Crippen LogP contribution is -2.33. The number of rotatable bonds is 3. The predicted molar refractivity (Wildman–Crippen MR) is 69.5 cm³/mol. The fourth-order valence-corrected chi connectivity index (χ4v) is 2.08. The number of pyridine rings is 1. The van der Waals surface area contributed by atoms with E-state index in [1.165, 1.54) is 23.9 Å². The first-order chi connectivity index (χ1) is 9.38. The van der Waals surface area contributed by atoms with Crippen LogP contribution in [0.5, 0.6) is 0 Å². The Morgan fingerprint density at radius 1 is 1.40 bits per heavy atom. The van der Waals surface area contributed by atoms with Crippen molar-refractivity contribution in [3.05, 3.63) is 43.0 Å². The minimum atomic E-state index is -0.930. The number of nitrogens with two attached hydrogens (primary N) is 1.